The fraction of sp³-hybridized carbons (Fsp3) is 0. The van der Waals surface area contributed by atoms with Crippen LogP contribution < -0.4 is 5.32 Å². The first-order chi connectivity index (χ1) is 12.6. The number of aromatic nitrogens is 2. The third-order valence-electron chi connectivity index (χ3n) is 3.86. The molecule has 4 aromatic rings. The molecule has 0 aliphatic heterocycles. The molecule has 0 atom stereocenters. The van der Waals surface area contributed by atoms with Crippen LogP contribution in [-0.2, 0) is 0 Å². The molecule has 1 N–H and O–H groups in total. The third kappa shape index (κ3) is 3.61. The second-order valence-corrected chi connectivity index (χ2v) is 7.88. The van der Waals surface area contributed by atoms with Crippen LogP contribution in [0.1, 0.15) is 0 Å². The number of para-hydroxylation sites is 1. The van der Waals surface area contributed by atoms with E-state index < -0.39 is 0 Å². The van der Waals surface area contributed by atoms with Crippen LogP contribution in [0.25, 0.3) is 22.3 Å². The maximum Gasteiger partial charge on any atom is 0.162 e. The summed E-state index contributed by atoms with van der Waals surface area (Å²) in [6, 6.07) is 21.5. The Kier molecular flexibility index (Phi) is 4.94. The van der Waals surface area contributed by atoms with Crippen LogP contribution in [0.3, 0.4) is 0 Å². The molecule has 0 radical (unpaired) electrons. The highest BCUT2D eigenvalue weighted by Gasteiger charge is 2.13. The largest absolute Gasteiger partial charge is 0.340 e. The minimum Gasteiger partial charge on any atom is -0.340 e. The molecule has 0 amide bonds. The number of nitrogens with zero attached hydrogens (tertiary/aromatic N) is 2. The van der Waals surface area contributed by atoms with E-state index in [2.05, 4.69) is 37.2 Å². The van der Waals surface area contributed by atoms with Gasteiger partial charge in [0.2, 0.25) is 0 Å². The minimum absolute atomic E-state index is 0.635. The smallest absolute Gasteiger partial charge is 0.162 e. The molecule has 128 valence electrons. The Morgan fingerprint density at radius 1 is 0.846 bits per heavy atom. The molecule has 0 saturated carbocycles. The topological polar surface area (TPSA) is 37.8 Å². The van der Waals surface area contributed by atoms with E-state index in [1.165, 1.54) is 0 Å². The van der Waals surface area contributed by atoms with E-state index in [1.54, 1.807) is 0 Å². The van der Waals surface area contributed by atoms with Gasteiger partial charge in [0.15, 0.2) is 5.82 Å². The monoisotopic (exact) mass is 487 g/mol. The van der Waals surface area contributed by atoms with Gasteiger partial charge in [-0.2, -0.15) is 0 Å². The Labute approximate surface area is 172 Å². The SMILES string of the molecule is Clc1ccc(-c2nc(Nc3ccccc3)c3cc(Br)cc(Br)c3n2)cc1. The number of anilines is 2. The van der Waals surface area contributed by atoms with E-state index in [4.69, 9.17) is 21.6 Å². The van der Waals surface area contributed by atoms with E-state index in [0.717, 1.165) is 36.9 Å². The summed E-state index contributed by atoms with van der Waals surface area (Å²) < 4.78 is 1.85. The summed E-state index contributed by atoms with van der Waals surface area (Å²) in [5, 5.41) is 5.01. The second kappa shape index (κ2) is 7.35. The molecule has 0 fully saturated rings. The zero-order valence-corrected chi connectivity index (χ0v) is 17.3. The quantitative estimate of drug-likeness (QED) is 0.330. The van der Waals surface area contributed by atoms with Crippen LogP contribution in [0.5, 0.6) is 0 Å². The number of fused-ring (bicyclic) bond motifs is 1. The first-order valence-electron chi connectivity index (χ1n) is 7.85. The Morgan fingerprint density at radius 3 is 2.31 bits per heavy atom. The number of halogens is 3. The highest BCUT2D eigenvalue weighted by atomic mass is 79.9. The van der Waals surface area contributed by atoms with E-state index in [-0.39, 0.29) is 0 Å². The normalized spacial score (nSPS) is 10.9. The van der Waals surface area contributed by atoms with Gasteiger partial charge in [0, 0.05) is 30.6 Å². The van der Waals surface area contributed by atoms with Gasteiger partial charge in [0.05, 0.1) is 5.52 Å². The summed E-state index contributed by atoms with van der Waals surface area (Å²) in [5.74, 6) is 1.38. The molecule has 0 unspecified atom stereocenters. The number of hydrogen-bond donors (Lipinski definition) is 1. The van der Waals surface area contributed by atoms with Crippen molar-refractivity contribution in [3.63, 3.8) is 0 Å². The van der Waals surface area contributed by atoms with Gasteiger partial charge in [-0.15, -0.1) is 0 Å². The van der Waals surface area contributed by atoms with Crippen LogP contribution in [0.2, 0.25) is 5.02 Å². The average Bonchev–Trinajstić information content (AvgIpc) is 2.64. The summed E-state index contributed by atoms with van der Waals surface area (Å²) in [7, 11) is 0. The maximum atomic E-state index is 6.01. The van der Waals surface area contributed by atoms with Crippen molar-refractivity contribution in [1.29, 1.82) is 0 Å². The Balaban J connectivity index is 1.93. The molecule has 0 aliphatic carbocycles. The van der Waals surface area contributed by atoms with Crippen molar-refractivity contribution in [2.75, 3.05) is 5.32 Å². The Morgan fingerprint density at radius 2 is 1.58 bits per heavy atom. The summed E-state index contributed by atoms with van der Waals surface area (Å²) >= 11 is 13.2. The van der Waals surface area contributed by atoms with Crippen molar-refractivity contribution in [2.24, 2.45) is 0 Å². The molecule has 0 aliphatic rings. The molecular weight excluding hydrogens is 478 g/mol. The molecule has 1 heterocycles. The van der Waals surface area contributed by atoms with Crippen LogP contribution in [0.15, 0.2) is 75.7 Å². The highest BCUT2D eigenvalue weighted by molar-refractivity contribution is 9.11. The average molecular weight is 490 g/mol. The number of benzene rings is 3. The third-order valence-corrected chi connectivity index (χ3v) is 5.17. The fourth-order valence-electron chi connectivity index (χ4n) is 2.64. The van der Waals surface area contributed by atoms with Crippen LogP contribution in [-0.4, -0.2) is 9.97 Å². The van der Waals surface area contributed by atoms with E-state index in [1.807, 2.05) is 66.7 Å². The van der Waals surface area contributed by atoms with E-state index in [9.17, 15) is 0 Å². The summed E-state index contributed by atoms with van der Waals surface area (Å²) in [5.41, 5.74) is 2.71. The van der Waals surface area contributed by atoms with Crippen molar-refractivity contribution >= 4 is 65.9 Å². The van der Waals surface area contributed by atoms with Gasteiger partial charge < -0.3 is 5.32 Å². The van der Waals surface area contributed by atoms with Crippen LogP contribution in [0, 0.1) is 0 Å². The maximum absolute atomic E-state index is 6.01. The molecule has 3 aromatic carbocycles. The van der Waals surface area contributed by atoms with Gasteiger partial charge in [0.25, 0.3) is 0 Å². The van der Waals surface area contributed by atoms with E-state index >= 15 is 0 Å². The molecule has 0 bridgehead atoms. The number of hydrogen-bond acceptors (Lipinski definition) is 3. The molecule has 1 aromatic heterocycles. The lowest BCUT2D eigenvalue weighted by Crippen LogP contribution is -2.00. The summed E-state index contributed by atoms with van der Waals surface area (Å²) in [6.45, 7) is 0. The first kappa shape index (κ1) is 17.5. The Hall–Kier alpha value is -1.95. The van der Waals surface area contributed by atoms with Crippen molar-refractivity contribution in [3.8, 4) is 11.4 Å². The lowest BCUT2D eigenvalue weighted by atomic mass is 10.1. The van der Waals surface area contributed by atoms with E-state index in [0.29, 0.717) is 10.8 Å². The predicted molar refractivity (Wildman–Crippen MR) is 115 cm³/mol. The molecule has 6 heteroatoms. The molecular formula is C20H12Br2ClN3. The minimum atomic E-state index is 0.635. The van der Waals surface area contributed by atoms with Gasteiger partial charge in [-0.1, -0.05) is 45.7 Å². The predicted octanol–water partition coefficient (Wildman–Crippen LogP) is 7.22. The van der Waals surface area contributed by atoms with Crippen molar-refractivity contribution < 1.29 is 0 Å². The first-order valence-corrected chi connectivity index (χ1v) is 9.81. The second-order valence-electron chi connectivity index (χ2n) is 5.68. The standard InChI is InChI=1S/C20H12Br2ClN3/c21-13-10-16-18(17(22)11-13)25-19(12-6-8-14(23)9-7-12)26-20(16)24-15-4-2-1-3-5-15/h1-11H,(H,24,25,26). The Bertz CT molecular complexity index is 1080. The van der Waals surface area contributed by atoms with Crippen LogP contribution in [0.4, 0.5) is 11.5 Å². The van der Waals surface area contributed by atoms with Crippen molar-refractivity contribution in [3.05, 3.63) is 80.7 Å². The number of nitrogens with one attached hydrogen (secondary N) is 1. The zero-order valence-electron chi connectivity index (χ0n) is 13.4. The van der Waals surface area contributed by atoms with Crippen molar-refractivity contribution in [2.45, 2.75) is 0 Å². The molecule has 0 saturated heterocycles. The zero-order chi connectivity index (χ0) is 18.1. The lowest BCUT2D eigenvalue weighted by molar-refractivity contribution is 1.22. The molecule has 0 spiro atoms. The fourth-order valence-corrected chi connectivity index (χ4v) is 4.08. The van der Waals surface area contributed by atoms with Gasteiger partial charge >= 0.3 is 0 Å². The van der Waals surface area contributed by atoms with Gasteiger partial charge in [-0.3, -0.25) is 0 Å². The summed E-state index contributed by atoms with van der Waals surface area (Å²) in [4.78, 5) is 9.53. The van der Waals surface area contributed by atoms with Gasteiger partial charge in [-0.25, -0.2) is 9.97 Å². The molecule has 4 rings (SSSR count). The highest BCUT2D eigenvalue weighted by Crippen LogP contribution is 2.34. The molecule has 26 heavy (non-hydrogen) atoms. The van der Waals surface area contributed by atoms with Crippen molar-refractivity contribution in [1.82, 2.24) is 9.97 Å². The summed E-state index contributed by atoms with van der Waals surface area (Å²) in [6.07, 6.45) is 0. The number of rotatable bonds is 3. The molecule has 3 nitrogen and oxygen atoms in total. The van der Waals surface area contributed by atoms with Gasteiger partial charge in [0.1, 0.15) is 5.82 Å². The lowest BCUT2D eigenvalue weighted by Gasteiger charge is -2.12. The van der Waals surface area contributed by atoms with Crippen LogP contribution >= 0.6 is 43.5 Å². The van der Waals surface area contributed by atoms with Gasteiger partial charge in [-0.05, 0) is 64.5 Å².